The number of benzene rings is 1. The first-order valence-electron chi connectivity index (χ1n) is 8.67. The summed E-state index contributed by atoms with van der Waals surface area (Å²) in [6.45, 7) is 3.86. The van der Waals surface area contributed by atoms with Gasteiger partial charge in [-0.2, -0.15) is 0 Å². The third-order valence-corrected chi connectivity index (χ3v) is 5.11. The summed E-state index contributed by atoms with van der Waals surface area (Å²) in [4.78, 5) is 14.1. The zero-order valence-corrected chi connectivity index (χ0v) is 13.9. The van der Waals surface area contributed by atoms with E-state index in [1.165, 1.54) is 12.1 Å². The van der Waals surface area contributed by atoms with Gasteiger partial charge in [-0.1, -0.05) is 12.1 Å². The Hall–Kier alpha value is -1.69. The van der Waals surface area contributed by atoms with E-state index in [0.717, 1.165) is 38.4 Å². The van der Waals surface area contributed by atoms with E-state index < -0.39 is 17.7 Å². The standard InChI is InChI=1S/C18H24F2N2O2/c1-12(14-4-2-5-15(19)17(14)20)21-18(23)22-9-7-13(8-10-22)16-6-3-11-24-16/h2,4-5,12-13,16H,3,6-11H2,1H3,(H,21,23)/t12-,16-/m0/s1. The molecule has 0 unspecified atom stereocenters. The maximum absolute atomic E-state index is 13.8. The molecule has 2 aliphatic heterocycles. The third-order valence-electron chi connectivity index (χ3n) is 5.11. The van der Waals surface area contributed by atoms with Gasteiger partial charge < -0.3 is 15.0 Å². The lowest BCUT2D eigenvalue weighted by Gasteiger charge is -2.35. The summed E-state index contributed by atoms with van der Waals surface area (Å²) in [7, 11) is 0. The maximum Gasteiger partial charge on any atom is 0.317 e. The SMILES string of the molecule is C[C@H](NC(=O)N1CCC([C@@H]2CCCO2)CC1)c1cccc(F)c1F. The molecule has 6 heteroatoms. The largest absolute Gasteiger partial charge is 0.378 e. The van der Waals surface area contributed by atoms with Gasteiger partial charge in [-0.25, -0.2) is 13.6 Å². The molecule has 2 aliphatic rings. The van der Waals surface area contributed by atoms with Crippen molar-refractivity contribution in [1.29, 1.82) is 0 Å². The molecule has 0 aromatic heterocycles. The molecule has 24 heavy (non-hydrogen) atoms. The predicted octanol–water partition coefficient (Wildman–Crippen LogP) is 3.63. The van der Waals surface area contributed by atoms with Crippen molar-refractivity contribution in [2.45, 2.75) is 44.8 Å². The van der Waals surface area contributed by atoms with Crippen molar-refractivity contribution in [2.24, 2.45) is 5.92 Å². The van der Waals surface area contributed by atoms with Crippen LogP contribution in [0, 0.1) is 17.6 Å². The van der Waals surface area contributed by atoms with Gasteiger partial charge in [0, 0.05) is 25.3 Å². The fraction of sp³-hybridized carbons (Fsp3) is 0.611. The second-order valence-corrected chi connectivity index (χ2v) is 6.69. The Morgan fingerprint density at radius 2 is 2.04 bits per heavy atom. The van der Waals surface area contributed by atoms with Gasteiger partial charge in [0.15, 0.2) is 11.6 Å². The minimum Gasteiger partial charge on any atom is -0.378 e. The van der Waals surface area contributed by atoms with Gasteiger partial charge in [0.05, 0.1) is 12.1 Å². The van der Waals surface area contributed by atoms with Crippen molar-refractivity contribution in [1.82, 2.24) is 10.2 Å². The number of rotatable bonds is 3. The van der Waals surface area contributed by atoms with Crippen LogP contribution in [0.5, 0.6) is 0 Å². The van der Waals surface area contributed by atoms with Crippen LogP contribution in [0.3, 0.4) is 0 Å². The molecular weight excluding hydrogens is 314 g/mol. The highest BCUT2D eigenvalue weighted by molar-refractivity contribution is 5.74. The number of urea groups is 1. The van der Waals surface area contributed by atoms with Crippen LogP contribution in [0.15, 0.2) is 18.2 Å². The fourth-order valence-electron chi connectivity index (χ4n) is 3.66. The molecule has 0 spiro atoms. The number of hydrogen-bond acceptors (Lipinski definition) is 2. The molecule has 1 aromatic rings. The van der Waals surface area contributed by atoms with Crippen LogP contribution in [0.25, 0.3) is 0 Å². The van der Waals surface area contributed by atoms with Gasteiger partial charge >= 0.3 is 6.03 Å². The molecule has 4 nitrogen and oxygen atoms in total. The van der Waals surface area contributed by atoms with Crippen molar-refractivity contribution in [3.63, 3.8) is 0 Å². The minimum absolute atomic E-state index is 0.164. The molecule has 2 fully saturated rings. The first-order valence-corrected chi connectivity index (χ1v) is 8.67. The van der Waals surface area contributed by atoms with Crippen LogP contribution in [0.1, 0.15) is 44.2 Å². The summed E-state index contributed by atoms with van der Waals surface area (Å²) in [6.07, 6.45) is 4.45. The number of piperidine rings is 1. The van der Waals surface area contributed by atoms with E-state index in [2.05, 4.69) is 5.32 Å². The average molecular weight is 338 g/mol. The second kappa shape index (κ2) is 7.47. The lowest BCUT2D eigenvalue weighted by Crippen LogP contribution is -2.46. The fourth-order valence-corrected chi connectivity index (χ4v) is 3.66. The van der Waals surface area contributed by atoms with E-state index in [1.54, 1.807) is 11.8 Å². The van der Waals surface area contributed by atoms with E-state index in [4.69, 9.17) is 4.74 Å². The quantitative estimate of drug-likeness (QED) is 0.914. The third kappa shape index (κ3) is 3.69. The molecule has 0 radical (unpaired) electrons. The smallest absolute Gasteiger partial charge is 0.317 e. The van der Waals surface area contributed by atoms with E-state index >= 15 is 0 Å². The number of nitrogens with zero attached hydrogens (tertiary/aromatic N) is 1. The summed E-state index contributed by atoms with van der Waals surface area (Å²) < 4.78 is 32.9. The Morgan fingerprint density at radius 3 is 2.71 bits per heavy atom. The zero-order valence-electron chi connectivity index (χ0n) is 13.9. The average Bonchev–Trinajstić information content (AvgIpc) is 3.12. The summed E-state index contributed by atoms with van der Waals surface area (Å²) in [5, 5.41) is 2.77. The lowest BCUT2D eigenvalue weighted by atomic mass is 9.90. The van der Waals surface area contributed by atoms with Crippen LogP contribution in [-0.2, 0) is 4.74 Å². The zero-order chi connectivity index (χ0) is 17.1. The number of ether oxygens (including phenoxy) is 1. The van der Waals surface area contributed by atoms with Crippen molar-refractivity contribution < 1.29 is 18.3 Å². The van der Waals surface area contributed by atoms with Crippen LogP contribution in [-0.4, -0.2) is 36.7 Å². The molecule has 1 N–H and O–H groups in total. The van der Waals surface area contributed by atoms with Gasteiger partial charge in [0.25, 0.3) is 0 Å². The summed E-state index contributed by atoms with van der Waals surface area (Å²) in [5.41, 5.74) is 0.164. The molecule has 2 atom stereocenters. The minimum atomic E-state index is -0.901. The van der Waals surface area contributed by atoms with Crippen molar-refractivity contribution in [3.8, 4) is 0 Å². The molecular formula is C18H24F2N2O2. The number of carbonyl (C=O) groups is 1. The van der Waals surface area contributed by atoms with E-state index in [0.29, 0.717) is 25.1 Å². The van der Waals surface area contributed by atoms with Crippen LogP contribution >= 0.6 is 0 Å². The molecule has 2 saturated heterocycles. The summed E-state index contributed by atoms with van der Waals surface area (Å²) in [5.74, 6) is -1.27. The lowest BCUT2D eigenvalue weighted by molar-refractivity contribution is 0.0371. The van der Waals surface area contributed by atoms with Crippen LogP contribution in [0.2, 0.25) is 0 Å². The first kappa shape index (κ1) is 17.1. The monoisotopic (exact) mass is 338 g/mol. The van der Waals surface area contributed by atoms with Gasteiger partial charge in [0.1, 0.15) is 0 Å². The highest BCUT2D eigenvalue weighted by Crippen LogP contribution is 2.29. The molecule has 0 bridgehead atoms. The van der Waals surface area contributed by atoms with Crippen LogP contribution < -0.4 is 5.32 Å². The summed E-state index contributed by atoms with van der Waals surface area (Å²) in [6, 6.07) is 3.21. The molecule has 0 saturated carbocycles. The second-order valence-electron chi connectivity index (χ2n) is 6.69. The number of halogens is 2. The Morgan fingerprint density at radius 1 is 1.29 bits per heavy atom. The van der Waals surface area contributed by atoms with Gasteiger partial charge in [-0.05, 0) is 44.6 Å². The van der Waals surface area contributed by atoms with Gasteiger partial charge in [0.2, 0.25) is 0 Å². The van der Waals surface area contributed by atoms with Gasteiger partial charge in [-0.15, -0.1) is 0 Å². The normalized spacial score (nSPS) is 23.3. The molecule has 2 amide bonds. The Balaban J connectivity index is 1.53. The van der Waals surface area contributed by atoms with Gasteiger partial charge in [-0.3, -0.25) is 0 Å². The van der Waals surface area contributed by atoms with E-state index in [1.807, 2.05) is 0 Å². The molecule has 3 rings (SSSR count). The van der Waals surface area contributed by atoms with Crippen molar-refractivity contribution in [2.75, 3.05) is 19.7 Å². The number of carbonyl (C=O) groups excluding carboxylic acids is 1. The first-order chi connectivity index (χ1) is 11.6. The van der Waals surface area contributed by atoms with E-state index in [9.17, 15) is 13.6 Å². The number of hydrogen-bond donors (Lipinski definition) is 1. The Labute approximate surface area is 141 Å². The molecule has 2 heterocycles. The van der Waals surface area contributed by atoms with Crippen molar-refractivity contribution >= 4 is 6.03 Å². The number of likely N-dealkylation sites (tertiary alicyclic amines) is 1. The molecule has 0 aliphatic carbocycles. The Bertz CT molecular complexity index is 582. The number of nitrogens with one attached hydrogen (secondary N) is 1. The van der Waals surface area contributed by atoms with Crippen molar-refractivity contribution in [3.05, 3.63) is 35.4 Å². The Kier molecular flexibility index (Phi) is 5.33. The maximum atomic E-state index is 13.8. The molecule has 1 aromatic carbocycles. The molecule has 132 valence electrons. The number of amides is 2. The predicted molar refractivity (Wildman–Crippen MR) is 86.6 cm³/mol. The van der Waals surface area contributed by atoms with E-state index in [-0.39, 0.29) is 11.6 Å². The highest BCUT2D eigenvalue weighted by Gasteiger charge is 2.31. The van der Waals surface area contributed by atoms with Crippen LogP contribution in [0.4, 0.5) is 13.6 Å². The highest BCUT2D eigenvalue weighted by atomic mass is 19.2. The topological polar surface area (TPSA) is 41.6 Å². The summed E-state index contributed by atoms with van der Waals surface area (Å²) >= 11 is 0.